The molecular formula is C18H29IN6O. The number of aromatic nitrogens is 3. The molecule has 26 heavy (non-hydrogen) atoms. The molecule has 144 valence electrons. The van der Waals surface area contributed by atoms with Crippen LogP contribution in [-0.4, -0.2) is 52.5 Å². The summed E-state index contributed by atoms with van der Waals surface area (Å²) in [6.45, 7) is 6.88. The van der Waals surface area contributed by atoms with Gasteiger partial charge in [-0.05, 0) is 44.6 Å². The summed E-state index contributed by atoms with van der Waals surface area (Å²) in [6.07, 6.45) is 7.26. The maximum atomic E-state index is 5.23. The molecule has 1 N–H and O–H groups in total. The summed E-state index contributed by atoms with van der Waals surface area (Å²) < 4.78 is 7.10. The Hall–Kier alpha value is -1.58. The Kier molecular flexibility index (Phi) is 7.48. The van der Waals surface area contributed by atoms with Gasteiger partial charge in [-0.15, -0.1) is 24.0 Å². The Morgan fingerprint density at radius 3 is 2.85 bits per heavy atom. The molecule has 1 saturated heterocycles. The van der Waals surface area contributed by atoms with Crippen LogP contribution in [-0.2, 0) is 19.9 Å². The smallest absolute Gasteiger partial charge is 0.193 e. The fourth-order valence-electron chi connectivity index (χ4n) is 3.59. The molecule has 0 aliphatic carbocycles. The van der Waals surface area contributed by atoms with Crippen molar-refractivity contribution in [2.75, 3.05) is 26.7 Å². The quantitative estimate of drug-likeness (QED) is 0.411. The summed E-state index contributed by atoms with van der Waals surface area (Å²) in [6, 6.07) is 0. The molecule has 2 aromatic heterocycles. The average Bonchev–Trinajstić information content (AvgIpc) is 3.29. The first-order valence-electron chi connectivity index (χ1n) is 8.91. The summed E-state index contributed by atoms with van der Waals surface area (Å²) in [5.74, 6) is 2.55. The summed E-state index contributed by atoms with van der Waals surface area (Å²) >= 11 is 0. The minimum absolute atomic E-state index is 0. The van der Waals surface area contributed by atoms with Crippen LogP contribution in [0.2, 0.25) is 0 Å². The van der Waals surface area contributed by atoms with Crippen molar-refractivity contribution in [2.45, 2.75) is 33.1 Å². The van der Waals surface area contributed by atoms with Gasteiger partial charge in [-0.25, -0.2) is 0 Å². The third kappa shape index (κ3) is 4.99. The van der Waals surface area contributed by atoms with E-state index < -0.39 is 0 Å². The van der Waals surface area contributed by atoms with E-state index >= 15 is 0 Å². The molecule has 0 aromatic carbocycles. The van der Waals surface area contributed by atoms with Crippen LogP contribution in [0, 0.1) is 19.8 Å². The Balaban J connectivity index is 0.00000243. The zero-order valence-corrected chi connectivity index (χ0v) is 18.4. The van der Waals surface area contributed by atoms with Crippen molar-refractivity contribution in [2.24, 2.45) is 18.0 Å². The van der Waals surface area contributed by atoms with Crippen molar-refractivity contribution in [3.05, 3.63) is 35.0 Å². The van der Waals surface area contributed by atoms with Gasteiger partial charge in [-0.3, -0.25) is 9.67 Å². The molecule has 3 rings (SSSR count). The Morgan fingerprint density at radius 1 is 1.42 bits per heavy atom. The highest BCUT2D eigenvalue weighted by molar-refractivity contribution is 14.0. The number of guanidine groups is 1. The van der Waals surface area contributed by atoms with Gasteiger partial charge in [-0.1, -0.05) is 5.16 Å². The minimum Gasteiger partial charge on any atom is -0.361 e. The van der Waals surface area contributed by atoms with Gasteiger partial charge in [0.25, 0.3) is 0 Å². The number of hydrogen-bond donors (Lipinski definition) is 1. The lowest BCUT2D eigenvalue weighted by molar-refractivity contribution is 0.392. The van der Waals surface area contributed by atoms with Crippen LogP contribution in [0.4, 0.5) is 0 Å². The van der Waals surface area contributed by atoms with Crippen LogP contribution < -0.4 is 5.32 Å². The number of hydrogen-bond acceptors (Lipinski definition) is 4. The summed E-state index contributed by atoms with van der Waals surface area (Å²) in [5, 5.41) is 11.8. The second kappa shape index (κ2) is 9.38. The third-order valence-corrected chi connectivity index (χ3v) is 4.92. The Bertz CT molecular complexity index is 718. The number of rotatable bonds is 5. The van der Waals surface area contributed by atoms with Crippen LogP contribution in [0.1, 0.15) is 29.0 Å². The lowest BCUT2D eigenvalue weighted by atomic mass is 10.0. The van der Waals surface area contributed by atoms with Crippen LogP contribution in [0.25, 0.3) is 0 Å². The molecule has 1 atom stereocenters. The van der Waals surface area contributed by atoms with Gasteiger partial charge in [0, 0.05) is 45.5 Å². The van der Waals surface area contributed by atoms with E-state index in [4.69, 9.17) is 4.52 Å². The van der Waals surface area contributed by atoms with Gasteiger partial charge < -0.3 is 14.7 Å². The van der Waals surface area contributed by atoms with E-state index in [-0.39, 0.29) is 24.0 Å². The summed E-state index contributed by atoms with van der Waals surface area (Å²) in [4.78, 5) is 6.81. The van der Waals surface area contributed by atoms with Gasteiger partial charge in [0.05, 0.1) is 11.9 Å². The molecule has 0 radical (unpaired) electrons. The molecule has 1 aliphatic rings. The molecule has 1 fully saturated rings. The molecule has 7 nitrogen and oxygen atoms in total. The number of aryl methyl sites for hydroxylation is 3. The van der Waals surface area contributed by atoms with E-state index in [1.165, 1.54) is 17.5 Å². The normalized spacial score (nSPS) is 17.5. The van der Waals surface area contributed by atoms with E-state index in [9.17, 15) is 0 Å². The molecule has 8 heteroatoms. The topological polar surface area (TPSA) is 71.5 Å². The van der Waals surface area contributed by atoms with Crippen molar-refractivity contribution in [1.82, 2.24) is 25.2 Å². The van der Waals surface area contributed by atoms with E-state index in [1.807, 2.05) is 38.8 Å². The standard InChI is InChI=1S/C18H28N6O.HI/c1-13-17(14(2)25-22-13)5-7-20-18(19-3)24-8-6-15(12-24)9-16-10-21-23(4)11-16;/h10-11,15H,5-9,12H2,1-4H3,(H,19,20);1H. The highest BCUT2D eigenvalue weighted by atomic mass is 127. The van der Waals surface area contributed by atoms with Gasteiger partial charge in [0.2, 0.25) is 0 Å². The molecule has 0 amide bonds. The molecule has 2 aromatic rings. The average molecular weight is 472 g/mol. The Morgan fingerprint density at radius 2 is 2.23 bits per heavy atom. The second-order valence-corrected chi connectivity index (χ2v) is 6.85. The van der Waals surface area contributed by atoms with E-state index in [1.54, 1.807) is 0 Å². The van der Waals surface area contributed by atoms with Gasteiger partial charge in [0.15, 0.2) is 5.96 Å². The largest absolute Gasteiger partial charge is 0.361 e. The van der Waals surface area contributed by atoms with Gasteiger partial charge in [-0.2, -0.15) is 5.10 Å². The number of halogens is 1. The highest BCUT2D eigenvalue weighted by Crippen LogP contribution is 2.20. The van der Waals surface area contributed by atoms with Gasteiger partial charge in [0.1, 0.15) is 5.76 Å². The Labute approximate surface area is 172 Å². The minimum atomic E-state index is 0. The zero-order valence-electron chi connectivity index (χ0n) is 16.0. The fourth-order valence-corrected chi connectivity index (χ4v) is 3.59. The molecule has 0 spiro atoms. The van der Waals surface area contributed by atoms with Crippen LogP contribution in [0.3, 0.4) is 0 Å². The van der Waals surface area contributed by atoms with E-state index in [0.29, 0.717) is 5.92 Å². The first-order valence-corrected chi connectivity index (χ1v) is 8.91. The molecule has 1 aliphatic heterocycles. The van der Waals surface area contributed by atoms with Crippen molar-refractivity contribution in [1.29, 1.82) is 0 Å². The maximum absolute atomic E-state index is 5.23. The number of nitrogens with one attached hydrogen (secondary N) is 1. The third-order valence-electron chi connectivity index (χ3n) is 4.92. The van der Waals surface area contributed by atoms with Crippen molar-refractivity contribution in [3.8, 4) is 0 Å². The molecule has 1 unspecified atom stereocenters. The SMILES string of the molecule is CN=C(NCCc1c(C)noc1C)N1CCC(Cc2cnn(C)c2)C1.I. The number of likely N-dealkylation sites (tertiary alicyclic amines) is 1. The fraction of sp³-hybridized carbons (Fsp3) is 0.611. The highest BCUT2D eigenvalue weighted by Gasteiger charge is 2.25. The lowest BCUT2D eigenvalue weighted by Crippen LogP contribution is -2.41. The van der Waals surface area contributed by atoms with E-state index in [0.717, 1.165) is 49.9 Å². The predicted octanol–water partition coefficient (Wildman–Crippen LogP) is 2.33. The maximum Gasteiger partial charge on any atom is 0.193 e. The lowest BCUT2D eigenvalue weighted by Gasteiger charge is -2.21. The first kappa shape index (κ1) is 20.7. The number of aliphatic imine (C=N–C) groups is 1. The summed E-state index contributed by atoms with van der Waals surface area (Å²) in [5.41, 5.74) is 3.49. The van der Waals surface area contributed by atoms with Crippen LogP contribution in [0.5, 0.6) is 0 Å². The van der Waals surface area contributed by atoms with Crippen LogP contribution >= 0.6 is 24.0 Å². The van der Waals surface area contributed by atoms with Gasteiger partial charge >= 0.3 is 0 Å². The number of nitrogens with zero attached hydrogens (tertiary/aromatic N) is 5. The van der Waals surface area contributed by atoms with Crippen molar-refractivity contribution in [3.63, 3.8) is 0 Å². The van der Waals surface area contributed by atoms with Crippen molar-refractivity contribution < 1.29 is 4.52 Å². The van der Waals surface area contributed by atoms with Crippen LogP contribution in [0.15, 0.2) is 21.9 Å². The zero-order chi connectivity index (χ0) is 17.8. The predicted molar refractivity (Wildman–Crippen MR) is 113 cm³/mol. The molecule has 0 bridgehead atoms. The second-order valence-electron chi connectivity index (χ2n) is 6.85. The molecular weight excluding hydrogens is 443 g/mol. The molecule has 0 saturated carbocycles. The van der Waals surface area contributed by atoms with Crippen molar-refractivity contribution >= 4 is 29.9 Å². The van der Waals surface area contributed by atoms with E-state index in [2.05, 4.69) is 31.7 Å². The monoisotopic (exact) mass is 472 g/mol. The first-order chi connectivity index (χ1) is 12.1. The summed E-state index contributed by atoms with van der Waals surface area (Å²) in [7, 11) is 3.82. The molecule has 3 heterocycles.